The molecule has 0 aliphatic carbocycles. The molecule has 7 heteroatoms. The van der Waals surface area contributed by atoms with Crippen molar-refractivity contribution in [1.29, 1.82) is 0 Å². The highest BCUT2D eigenvalue weighted by molar-refractivity contribution is 9.10. The number of nitrogens with two attached hydrogens (primary N) is 1. The topological polar surface area (TPSA) is 64.8 Å². The van der Waals surface area contributed by atoms with E-state index in [0.717, 1.165) is 21.3 Å². The van der Waals surface area contributed by atoms with E-state index in [0.29, 0.717) is 37.5 Å². The Hall–Kier alpha value is -2.12. The summed E-state index contributed by atoms with van der Waals surface area (Å²) in [6, 6.07) is 15.9. The van der Waals surface area contributed by atoms with Crippen LogP contribution in [0.3, 0.4) is 0 Å². The summed E-state index contributed by atoms with van der Waals surface area (Å²) in [4.78, 5) is 14.7. The van der Waals surface area contributed by atoms with Crippen LogP contribution in [0.25, 0.3) is 0 Å². The van der Waals surface area contributed by atoms with Gasteiger partial charge in [0.2, 0.25) is 0 Å². The first kappa shape index (κ1) is 23.5. The minimum Gasteiger partial charge on any atom is -0.489 e. The second-order valence-corrected chi connectivity index (χ2v) is 10.2. The van der Waals surface area contributed by atoms with Gasteiger partial charge in [-0.15, -0.1) is 0 Å². The Labute approximate surface area is 198 Å². The molecule has 0 atom stereocenters. The van der Waals surface area contributed by atoms with Crippen molar-refractivity contribution < 1.29 is 14.3 Å². The average molecular weight is 505 g/mol. The molecule has 1 fully saturated rings. The van der Waals surface area contributed by atoms with Crippen LogP contribution in [-0.2, 0) is 16.8 Å². The molecule has 0 aromatic heterocycles. The van der Waals surface area contributed by atoms with Gasteiger partial charge in [-0.3, -0.25) is 0 Å². The highest BCUT2D eigenvalue weighted by Crippen LogP contribution is 2.42. The smallest absolute Gasteiger partial charge is 0.410 e. The molecular formula is C24H29BrN2O3S. The van der Waals surface area contributed by atoms with Crippen LogP contribution in [0.4, 0.5) is 4.79 Å². The molecule has 166 valence electrons. The summed E-state index contributed by atoms with van der Waals surface area (Å²) in [7, 11) is 0. The quantitative estimate of drug-likeness (QED) is 0.538. The van der Waals surface area contributed by atoms with Crippen LogP contribution in [0.2, 0.25) is 0 Å². The van der Waals surface area contributed by atoms with Crippen molar-refractivity contribution in [3.63, 3.8) is 0 Å². The van der Waals surface area contributed by atoms with Crippen molar-refractivity contribution >= 4 is 39.2 Å². The van der Waals surface area contributed by atoms with Crippen LogP contribution in [0.5, 0.6) is 5.75 Å². The third kappa shape index (κ3) is 5.77. The maximum Gasteiger partial charge on any atom is 0.410 e. The van der Waals surface area contributed by atoms with Crippen molar-refractivity contribution in [2.24, 2.45) is 5.73 Å². The second-order valence-electron chi connectivity index (χ2n) is 8.83. The summed E-state index contributed by atoms with van der Waals surface area (Å²) in [5.41, 5.74) is 7.26. The average Bonchev–Trinajstić information content (AvgIpc) is 2.72. The molecule has 2 N–H and O–H groups in total. The zero-order chi connectivity index (χ0) is 22.6. The summed E-state index contributed by atoms with van der Waals surface area (Å²) < 4.78 is 12.7. The molecule has 0 radical (unpaired) electrons. The molecule has 1 aliphatic heterocycles. The van der Waals surface area contributed by atoms with E-state index < -0.39 is 11.0 Å². The van der Waals surface area contributed by atoms with Crippen molar-refractivity contribution in [2.45, 2.75) is 51.2 Å². The molecule has 1 saturated heterocycles. The fraction of sp³-hybridized carbons (Fsp3) is 0.417. The van der Waals surface area contributed by atoms with E-state index in [-0.39, 0.29) is 6.09 Å². The fourth-order valence-corrected chi connectivity index (χ4v) is 4.46. The molecule has 1 aliphatic rings. The van der Waals surface area contributed by atoms with Gasteiger partial charge in [0, 0.05) is 23.1 Å². The zero-order valence-electron chi connectivity index (χ0n) is 18.2. The number of rotatable bonds is 5. The van der Waals surface area contributed by atoms with Crippen LogP contribution in [0, 0.1) is 0 Å². The first-order valence-electron chi connectivity index (χ1n) is 10.4. The Morgan fingerprint density at radius 1 is 1.16 bits per heavy atom. The number of likely N-dealkylation sites (tertiary alicyclic amines) is 1. The number of carbonyl (C=O) groups excluding carboxylic acids is 1. The number of piperidine rings is 1. The molecule has 0 saturated carbocycles. The van der Waals surface area contributed by atoms with Crippen LogP contribution in [-0.4, -0.2) is 34.7 Å². The Morgan fingerprint density at radius 2 is 1.81 bits per heavy atom. The molecule has 1 heterocycles. The van der Waals surface area contributed by atoms with E-state index in [9.17, 15) is 4.79 Å². The molecule has 0 unspecified atom stereocenters. The Kier molecular flexibility index (Phi) is 7.27. The van der Waals surface area contributed by atoms with E-state index in [1.165, 1.54) is 0 Å². The zero-order valence-corrected chi connectivity index (χ0v) is 20.6. The van der Waals surface area contributed by atoms with Crippen LogP contribution < -0.4 is 10.5 Å². The van der Waals surface area contributed by atoms with E-state index in [4.69, 9.17) is 27.4 Å². The third-order valence-electron chi connectivity index (χ3n) is 5.43. The maximum atomic E-state index is 12.5. The second kappa shape index (κ2) is 9.57. The molecule has 31 heavy (non-hydrogen) atoms. The van der Waals surface area contributed by atoms with Crippen LogP contribution in [0.1, 0.15) is 44.7 Å². The number of carbonyl (C=O) groups is 1. The van der Waals surface area contributed by atoms with Gasteiger partial charge in [0.05, 0.1) is 10.4 Å². The van der Waals surface area contributed by atoms with Gasteiger partial charge in [-0.2, -0.15) is 0 Å². The maximum absolute atomic E-state index is 12.5. The lowest BCUT2D eigenvalue weighted by atomic mass is 9.72. The largest absolute Gasteiger partial charge is 0.489 e. The summed E-state index contributed by atoms with van der Waals surface area (Å²) in [6.45, 7) is 7.07. The summed E-state index contributed by atoms with van der Waals surface area (Å²) in [5, 5.41) is 0. The monoisotopic (exact) mass is 504 g/mol. The van der Waals surface area contributed by atoms with Gasteiger partial charge in [0.25, 0.3) is 0 Å². The number of hydrogen-bond donors (Lipinski definition) is 1. The Bertz CT molecular complexity index is 936. The van der Waals surface area contributed by atoms with E-state index in [1.807, 2.05) is 69.3 Å². The SMILES string of the molecule is CC(C)(C)OC(=O)N1CCC(C(N)=S)(c2cc(Br)ccc2OCc2ccccc2)CC1. The molecular weight excluding hydrogens is 476 g/mol. The summed E-state index contributed by atoms with van der Waals surface area (Å²) in [5.74, 6) is 0.755. The van der Waals surface area contributed by atoms with Gasteiger partial charge >= 0.3 is 6.09 Å². The highest BCUT2D eigenvalue weighted by Gasteiger charge is 2.42. The van der Waals surface area contributed by atoms with Gasteiger partial charge < -0.3 is 20.1 Å². The van der Waals surface area contributed by atoms with Crippen molar-refractivity contribution in [3.8, 4) is 5.75 Å². The van der Waals surface area contributed by atoms with Gasteiger partial charge in [-0.25, -0.2) is 4.79 Å². The minimum atomic E-state index is -0.552. The first-order chi connectivity index (χ1) is 14.6. The number of halogens is 1. The van der Waals surface area contributed by atoms with Gasteiger partial charge in [-0.1, -0.05) is 58.5 Å². The molecule has 5 nitrogen and oxygen atoms in total. The van der Waals surface area contributed by atoms with Gasteiger partial charge in [0.15, 0.2) is 0 Å². The minimum absolute atomic E-state index is 0.307. The Balaban J connectivity index is 1.84. The lowest BCUT2D eigenvalue weighted by Crippen LogP contribution is -2.51. The molecule has 2 aromatic rings. The van der Waals surface area contributed by atoms with Crippen LogP contribution in [0.15, 0.2) is 53.0 Å². The molecule has 0 spiro atoms. The van der Waals surface area contributed by atoms with E-state index in [1.54, 1.807) is 4.90 Å². The number of nitrogens with zero attached hydrogens (tertiary/aromatic N) is 1. The predicted molar refractivity (Wildman–Crippen MR) is 130 cm³/mol. The number of hydrogen-bond acceptors (Lipinski definition) is 4. The van der Waals surface area contributed by atoms with E-state index in [2.05, 4.69) is 15.9 Å². The summed E-state index contributed by atoms with van der Waals surface area (Å²) >= 11 is 9.13. The van der Waals surface area contributed by atoms with Gasteiger partial charge in [-0.05, 0) is 57.4 Å². The Morgan fingerprint density at radius 3 is 2.39 bits per heavy atom. The number of thiocarbonyl (C=S) groups is 1. The lowest BCUT2D eigenvalue weighted by molar-refractivity contribution is 0.0188. The molecule has 1 amide bonds. The normalized spacial score (nSPS) is 15.9. The molecule has 3 rings (SSSR count). The van der Waals surface area contributed by atoms with Crippen molar-refractivity contribution in [3.05, 3.63) is 64.1 Å². The number of benzene rings is 2. The predicted octanol–water partition coefficient (Wildman–Crippen LogP) is 5.58. The molecule has 0 bridgehead atoms. The standard InChI is InChI=1S/C24H29BrN2O3S/c1-23(2,3)30-22(28)27-13-11-24(12-14-27,21(26)31)19-15-18(25)9-10-20(19)29-16-17-7-5-4-6-8-17/h4-10,15H,11-14,16H2,1-3H3,(H2,26,31). The first-order valence-corrected chi connectivity index (χ1v) is 11.6. The highest BCUT2D eigenvalue weighted by atomic mass is 79.9. The third-order valence-corrected chi connectivity index (χ3v) is 6.32. The molecule has 2 aromatic carbocycles. The lowest BCUT2D eigenvalue weighted by Gasteiger charge is -2.42. The van der Waals surface area contributed by atoms with Crippen LogP contribution >= 0.6 is 28.1 Å². The number of amides is 1. The summed E-state index contributed by atoms with van der Waals surface area (Å²) in [6.07, 6.45) is 0.915. The van der Waals surface area contributed by atoms with Crippen molar-refractivity contribution in [2.75, 3.05) is 13.1 Å². The van der Waals surface area contributed by atoms with Gasteiger partial charge in [0.1, 0.15) is 18.0 Å². The van der Waals surface area contributed by atoms with E-state index >= 15 is 0 Å². The number of ether oxygens (including phenoxy) is 2. The van der Waals surface area contributed by atoms with Crippen molar-refractivity contribution in [1.82, 2.24) is 4.90 Å². The fourth-order valence-electron chi connectivity index (χ4n) is 3.78.